The van der Waals surface area contributed by atoms with Crippen LogP contribution in [0, 0.1) is 11.3 Å². The summed E-state index contributed by atoms with van der Waals surface area (Å²) < 4.78 is 0. The lowest BCUT2D eigenvalue weighted by Gasteiger charge is -2.19. The summed E-state index contributed by atoms with van der Waals surface area (Å²) in [5.74, 6) is 0.0562. The zero-order valence-electron chi connectivity index (χ0n) is 14.1. The second-order valence-corrected chi connectivity index (χ2v) is 6.17. The SMILES string of the molecule is CN(Cc1ccc(C#N)cc1)C(=O)c1ccc(N2CCCC2=O)cc1. The molecule has 25 heavy (non-hydrogen) atoms. The summed E-state index contributed by atoms with van der Waals surface area (Å²) in [6, 6.07) is 16.4. The highest BCUT2D eigenvalue weighted by Crippen LogP contribution is 2.22. The lowest BCUT2D eigenvalue weighted by molar-refractivity contribution is -0.117. The predicted octanol–water partition coefficient (Wildman–Crippen LogP) is 2.96. The number of nitriles is 1. The normalized spacial score (nSPS) is 13.6. The Bertz CT molecular complexity index is 820. The molecule has 5 nitrogen and oxygen atoms in total. The quantitative estimate of drug-likeness (QED) is 0.864. The number of carbonyl (C=O) groups excluding carboxylic acids is 2. The van der Waals surface area contributed by atoms with Crippen molar-refractivity contribution in [2.24, 2.45) is 0 Å². The van der Waals surface area contributed by atoms with E-state index in [-0.39, 0.29) is 11.8 Å². The summed E-state index contributed by atoms with van der Waals surface area (Å²) in [6.45, 7) is 1.21. The van der Waals surface area contributed by atoms with Gasteiger partial charge in [0.25, 0.3) is 5.91 Å². The number of hydrogen-bond donors (Lipinski definition) is 0. The second-order valence-electron chi connectivity index (χ2n) is 6.17. The molecular weight excluding hydrogens is 314 g/mol. The lowest BCUT2D eigenvalue weighted by Crippen LogP contribution is -2.26. The Morgan fingerprint density at radius 1 is 1.16 bits per heavy atom. The molecule has 5 heteroatoms. The number of nitrogens with zero attached hydrogens (tertiary/aromatic N) is 3. The molecule has 0 aromatic heterocycles. The average molecular weight is 333 g/mol. The topological polar surface area (TPSA) is 64.4 Å². The highest BCUT2D eigenvalue weighted by Gasteiger charge is 2.22. The first kappa shape index (κ1) is 16.7. The summed E-state index contributed by atoms with van der Waals surface area (Å²) in [5, 5.41) is 8.83. The van der Waals surface area contributed by atoms with Crippen molar-refractivity contribution in [3.63, 3.8) is 0 Å². The molecule has 0 unspecified atom stereocenters. The molecule has 0 N–H and O–H groups in total. The van der Waals surface area contributed by atoms with Crippen LogP contribution in [-0.2, 0) is 11.3 Å². The van der Waals surface area contributed by atoms with Crippen molar-refractivity contribution >= 4 is 17.5 Å². The van der Waals surface area contributed by atoms with Gasteiger partial charge in [0.2, 0.25) is 5.91 Å². The molecule has 0 spiro atoms. The minimum absolute atomic E-state index is 0.0799. The van der Waals surface area contributed by atoms with Gasteiger partial charge in [-0.05, 0) is 48.4 Å². The van der Waals surface area contributed by atoms with E-state index in [4.69, 9.17) is 5.26 Å². The van der Waals surface area contributed by atoms with E-state index in [2.05, 4.69) is 6.07 Å². The highest BCUT2D eigenvalue weighted by molar-refractivity contribution is 5.97. The maximum Gasteiger partial charge on any atom is 0.253 e. The lowest BCUT2D eigenvalue weighted by atomic mass is 10.1. The van der Waals surface area contributed by atoms with Crippen LogP contribution in [0.3, 0.4) is 0 Å². The molecular formula is C20H19N3O2. The molecule has 0 atom stereocenters. The number of benzene rings is 2. The van der Waals surface area contributed by atoms with Gasteiger partial charge in [0.1, 0.15) is 0 Å². The first-order chi connectivity index (χ1) is 12.1. The molecule has 1 heterocycles. The number of carbonyl (C=O) groups is 2. The van der Waals surface area contributed by atoms with Gasteiger partial charge in [-0.25, -0.2) is 0 Å². The molecule has 0 bridgehead atoms. The Balaban J connectivity index is 1.67. The van der Waals surface area contributed by atoms with Gasteiger partial charge in [0.15, 0.2) is 0 Å². The van der Waals surface area contributed by atoms with Crippen LogP contribution in [-0.4, -0.2) is 30.3 Å². The molecule has 0 radical (unpaired) electrons. The molecule has 2 aromatic carbocycles. The fourth-order valence-corrected chi connectivity index (χ4v) is 2.96. The van der Waals surface area contributed by atoms with Gasteiger partial charge in [-0.2, -0.15) is 5.26 Å². The third-order valence-electron chi connectivity index (χ3n) is 4.35. The molecule has 0 saturated carbocycles. The maximum atomic E-state index is 12.6. The van der Waals surface area contributed by atoms with Crippen LogP contribution in [0.5, 0.6) is 0 Å². The zero-order valence-corrected chi connectivity index (χ0v) is 14.1. The van der Waals surface area contributed by atoms with Crippen LogP contribution < -0.4 is 4.90 Å². The van der Waals surface area contributed by atoms with Crippen molar-refractivity contribution < 1.29 is 9.59 Å². The smallest absolute Gasteiger partial charge is 0.253 e. The molecule has 1 aliphatic rings. The van der Waals surface area contributed by atoms with Crippen molar-refractivity contribution in [1.29, 1.82) is 5.26 Å². The molecule has 3 rings (SSSR count). The summed E-state index contributed by atoms with van der Waals surface area (Å²) >= 11 is 0. The van der Waals surface area contributed by atoms with Crippen molar-refractivity contribution in [2.75, 3.05) is 18.5 Å². The van der Waals surface area contributed by atoms with Gasteiger partial charge in [-0.3, -0.25) is 9.59 Å². The fraction of sp³-hybridized carbons (Fsp3) is 0.250. The Morgan fingerprint density at radius 3 is 2.40 bits per heavy atom. The molecule has 126 valence electrons. The first-order valence-electron chi connectivity index (χ1n) is 8.23. The maximum absolute atomic E-state index is 12.6. The Morgan fingerprint density at radius 2 is 1.84 bits per heavy atom. The minimum Gasteiger partial charge on any atom is -0.337 e. The van der Waals surface area contributed by atoms with Crippen molar-refractivity contribution in [1.82, 2.24) is 4.90 Å². The van der Waals surface area contributed by atoms with Crippen LogP contribution >= 0.6 is 0 Å². The van der Waals surface area contributed by atoms with Crippen LogP contribution in [0.2, 0.25) is 0 Å². The minimum atomic E-state index is -0.0799. The number of hydrogen-bond acceptors (Lipinski definition) is 3. The van der Waals surface area contributed by atoms with E-state index in [1.165, 1.54) is 0 Å². The van der Waals surface area contributed by atoms with E-state index in [1.54, 1.807) is 41.1 Å². The average Bonchev–Trinajstić information content (AvgIpc) is 3.08. The zero-order chi connectivity index (χ0) is 17.8. The summed E-state index contributed by atoms with van der Waals surface area (Å²) in [4.78, 5) is 27.7. The summed E-state index contributed by atoms with van der Waals surface area (Å²) in [7, 11) is 1.75. The Hall–Kier alpha value is -3.13. The van der Waals surface area contributed by atoms with Crippen LogP contribution in [0.1, 0.15) is 34.3 Å². The second kappa shape index (κ2) is 7.18. The van der Waals surface area contributed by atoms with Crippen molar-refractivity contribution in [3.05, 3.63) is 65.2 Å². The molecule has 2 amide bonds. The molecule has 1 aliphatic heterocycles. The third kappa shape index (κ3) is 3.69. The predicted molar refractivity (Wildman–Crippen MR) is 95.0 cm³/mol. The molecule has 1 fully saturated rings. The van der Waals surface area contributed by atoms with Gasteiger partial charge in [0, 0.05) is 37.8 Å². The van der Waals surface area contributed by atoms with Gasteiger partial charge in [-0.15, -0.1) is 0 Å². The van der Waals surface area contributed by atoms with Crippen molar-refractivity contribution in [3.8, 4) is 6.07 Å². The number of anilines is 1. The van der Waals surface area contributed by atoms with Crippen molar-refractivity contribution in [2.45, 2.75) is 19.4 Å². The van der Waals surface area contributed by atoms with E-state index in [1.807, 2.05) is 24.3 Å². The summed E-state index contributed by atoms with van der Waals surface area (Å²) in [5.41, 5.74) is 3.00. The Labute approximate surface area is 147 Å². The van der Waals surface area contributed by atoms with Gasteiger partial charge < -0.3 is 9.80 Å². The number of amides is 2. The highest BCUT2D eigenvalue weighted by atomic mass is 16.2. The Kier molecular flexibility index (Phi) is 4.80. The van der Waals surface area contributed by atoms with Crippen LogP contribution in [0.15, 0.2) is 48.5 Å². The van der Waals surface area contributed by atoms with E-state index in [9.17, 15) is 9.59 Å². The molecule has 2 aromatic rings. The summed E-state index contributed by atoms with van der Waals surface area (Å²) in [6.07, 6.45) is 1.47. The van der Waals surface area contributed by atoms with Crippen LogP contribution in [0.4, 0.5) is 5.69 Å². The fourth-order valence-electron chi connectivity index (χ4n) is 2.96. The number of rotatable bonds is 4. The van der Waals surface area contributed by atoms with Gasteiger partial charge >= 0.3 is 0 Å². The van der Waals surface area contributed by atoms with E-state index in [0.717, 1.165) is 24.2 Å². The third-order valence-corrected chi connectivity index (χ3v) is 4.35. The molecule has 1 saturated heterocycles. The van der Waals surface area contributed by atoms with Gasteiger partial charge in [-0.1, -0.05) is 12.1 Å². The monoisotopic (exact) mass is 333 g/mol. The largest absolute Gasteiger partial charge is 0.337 e. The van der Waals surface area contributed by atoms with E-state index >= 15 is 0 Å². The van der Waals surface area contributed by atoms with Crippen LogP contribution in [0.25, 0.3) is 0 Å². The van der Waals surface area contributed by atoms with E-state index < -0.39 is 0 Å². The molecule has 0 aliphatic carbocycles. The van der Waals surface area contributed by atoms with E-state index in [0.29, 0.717) is 24.1 Å². The standard InChI is InChI=1S/C20H19N3O2/c1-22(14-16-6-4-15(13-21)5-7-16)20(25)17-8-10-18(11-9-17)23-12-2-3-19(23)24/h4-11H,2-3,12,14H2,1H3. The van der Waals surface area contributed by atoms with Gasteiger partial charge in [0.05, 0.1) is 11.6 Å². The first-order valence-corrected chi connectivity index (χ1v) is 8.23.